The third-order valence-corrected chi connectivity index (χ3v) is 14.1. The van der Waals surface area contributed by atoms with Crippen molar-refractivity contribution in [2.24, 2.45) is 51.2 Å². The summed E-state index contributed by atoms with van der Waals surface area (Å²) in [5.74, 6) is 2.79. The van der Waals surface area contributed by atoms with Gasteiger partial charge in [-0.15, -0.1) is 0 Å². The molecule has 0 aromatic heterocycles. The first-order valence-corrected chi connectivity index (χ1v) is 15.6. The van der Waals surface area contributed by atoms with E-state index >= 15 is 0 Å². The van der Waals surface area contributed by atoms with Crippen LogP contribution in [0.5, 0.6) is 0 Å². The standard InChI is InChI=1S/C34H55NO3/c1-21(2)22-13-18-34(35(28(37)38)29(3,4)5)20-19-32(9)23(27(22)34)11-12-25-31(8)16-15-26(36)30(6,7)24(31)14-17-33(25,32)10/h22-25,27H,1,11-20H2,2-10H3,(H,37,38)/t22-,23+,24-,25+,27+,31-,32+,33+,34-/m0/s1. The molecule has 0 radical (unpaired) electrons. The molecule has 1 amide bonds. The second kappa shape index (κ2) is 8.35. The summed E-state index contributed by atoms with van der Waals surface area (Å²) in [4.78, 5) is 27.9. The molecule has 5 aliphatic rings. The molecular formula is C34H55NO3. The van der Waals surface area contributed by atoms with Crippen LogP contribution in [0.25, 0.3) is 0 Å². The molecule has 0 aliphatic heterocycles. The molecule has 5 rings (SSSR count). The van der Waals surface area contributed by atoms with Crippen molar-refractivity contribution in [2.75, 3.05) is 0 Å². The number of amides is 1. The molecule has 0 aromatic rings. The number of hydrogen-bond donors (Lipinski definition) is 1. The van der Waals surface area contributed by atoms with Crippen molar-refractivity contribution in [3.05, 3.63) is 12.2 Å². The van der Waals surface area contributed by atoms with Gasteiger partial charge in [0, 0.05) is 17.4 Å². The molecule has 0 unspecified atom stereocenters. The van der Waals surface area contributed by atoms with E-state index in [2.05, 4.69) is 68.9 Å². The van der Waals surface area contributed by atoms with E-state index in [1.54, 1.807) is 0 Å². The number of carboxylic acid groups (broad SMARTS) is 1. The van der Waals surface area contributed by atoms with E-state index in [4.69, 9.17) is 0 Å². The van der Waals surface area contributed by atoms with Crippen LogP contribution in [0.15, 0.2) is 12.2 Å². The molecule has 1 N–H and O–H groups in total. The maximum atomic E-state index is 13.0. The summed E-state index contributed by atoms with van der Waals surface area (Å²) < 4.78 is 0. The number of carbonyl (C=O) groups is 2. The lowest BCUT2D eigenvalue weighted by Gasteiger charge is -2.73. The summed E-state index contributed by atoms with van der Waals surface area (Å²) in [5, 5.41) is 10.6. The normalized spacial score (nSPS) is 47.8. The van der Waals surface area contributed by atoms with Crippen LogP contribution in [0.3, 0.4) is 0 Å². The molecular weight excluding hydrogens is 470 g/mol. The summed E-state index contributed by atoms with van der Waals surface area (Å²) in [7, 11) is 0. The Balaban J connectivity index is 1.60. The SMILES string of the molecule is C=C(C)[C@@H]1CC[C@]2(N(C(=O)O)C(C)(C)C)CC[C@]3(C)[C@H](CC[C@@H]4[C@@]5(C)CCC(=O)C(C)(C)[C@@H]5CC[C@]43C)[C@@H]12. The molecule has 0 heterocycles. The van der Waals surface area contributed by atoms with E-state index in [0.29, 0.717) is 35.4 Å². The van der Waals surface area contributed by atoms with Crippen LogP contribution in [0.4, 0.5) is 4.79 Å². The predicted octanol–water partition coefficient (Wildman–Crippen LogP) is 8.74. The predicted molar refractivity (Wildman–Crippen MR) is 154 cm³/mol. The largest absolute Gasteiger partial charge is 0.465 e. The summed E-state index contributed by atoms with van der Waals surface area (Å²) in [5.41, 5.74) is 0.867. The minimum atomic E-state index is -0.754. The summed E-state index contributed by atoms with van der Waals surface area (Å²) in [6, 6.07) is 0. The third kappa shape index (κ3) is 3.39. The minimum Gasteiger partial charge on any atom is -0.465 e. The highest BCUT2D eigenvalue weighted by Crippen LogP contribution is 2.76. The van der Waals surface area contributed by atoms with E-state index in [-0.39, 0.29) is 27.2 Å². The molecule has 4 heteroatoms. The highest BCUT2D eigenvalue weighted by atomic mass is 16.4. The molecule has 9 atom stereocenters. The smallest absolute Gasteiger partial charge is 0.408 e. The van der Waals surface area contributed by atoms with Gasteiger partial charge in [0.1, 0.15) is 5.78 Å². The number of rotatable bonds is 2. The molecule has 5 saturated carbocycles. The number of allylic oxidation sites excluding steroid dienone is 1. The van der Waals surface area contributed by atoms with Crippen molar-refractivity contribution in [1.29, 1.82) is 0 Å². The highest BCUT2D eigenvalue weighted by molar-refractivity contribution is 5.85. The second-order valence-corrected chi connectivity index (χ2v) is 16.7. The number of carbonyl (C=O) groups excluding carboxylic acids is 1. The number of ketones is 1. The van der Waals surface area contributed by atoms with Gasteiger partial charge in [-0.25, -0.2) is 4.79 Å². The van der Waals surface area contributed by atoms with Gasteiger partial charge in [0.25, 0.3) is 0 Å². The molecule has 0 saturated heterocycles. The molecule has 4 nitrogen and oxygen atoms in total. The zero-order valence-corrected chi connectivity index (χ0v) is 25.9. The highest BCUT2D eigenvalue weighted by Gasteiger charge is 2.72. The average molecular weight is 526 g/mol. The van der Waals surface area contributed by atoms with Crippen LogP contribution in [-0.2, 0) is 4.79 Å². The van der Waals surface area contributed by atoms with E-state index in [1.165, 1.54) is 24.8 Å². The Labute approximate surface area is 232 Å². The number of Topliss-reactive ketones (excluding diaryl/α,β-unsaturated/α-hetero) is 1. The summed E-state index contributed by atoms with van der Waals surface area (Å²) in [6.45, 7) is 25.1. The quantitative estimate of drug-likeness (QED) is 0.367. The van der Waals surface area contributed by atoms with Crippen molar-refractivity contribution in [2.45, 2.75) is 138 Å². The van der Waals surface area contributed by atoms with Crippen molar-refractivity contribution >= 4 is 11.9 Å². The molecule has 38 heavy (non-hydrogen) atoms. The number of fused-ring (bicyclic) bond motifs is 7. The van der Waals surface area contributed by atoms with Gasteiger partial charge < -0.3 is 5.11 Å². The van der Waals surface area contributed by atoms with Gasteiger partial charge in [-0.05, 0) is 131 Å². The van der Waals surface area contributed by atoms with Crippen LogP contribution in [0, 0.1) is 51.2 Å². The van der Waals surface area contributed by atoms with Crippen molar-refractivity contribution in [3.8, 4) is 0 Å². The Morgan fingerprint density at radius 2 is 1.55 bits per heavy atom. The Morgan fingerprint density at radius 1 is 0.895 bits per heavy atom. The number of hydrogen-bond acceptors (Lipinski definition) is 2. The maximum Gasteiger partial charge on any atom is 0.408 e. The first kappa shape index (κ1) is 28.2. The van der Waals surface area contributed by atoms with Gasteiger partial charge >= 0.3 is 6.09 Å². The molecule has 214 valence electrons. The van der Waals surface area contributed by atoms with Gasteiger partial charge in [-0.2, -0.15) is 0 Å². The lowest BCUT2D eigenvalue weighted by molar-refractivity contribution is -0.236. The van der Waals surface area contributed by atoms with Crippen LogP contribution in [0.2, 0.25) is 0 Å². The fourth-order valence-corrected chi connectivity index (χ4v) is 12.4. The fourth-order valence-electron chi connectivity index (χ4n) is 12.4. The van der Waals surface area contributed by atoms with Crippen molar-refractivity contribution in [3.63, 3.8) is 0 Å². The first-order chi connectivity index (χ1) is 17.4. The van der Waals surface area contributed by atoms with E-state index < -0.39 is 11.6 Å². The van der Waals surface area contributed by atoms with E-state index in [0.717, 1.165) is 44.9 Å². The van der Waals surface area contributed by atoms with E-state index in [1.807, 2.05) is 4.90 Å². The van der Waals surface area contributed by atoms with Crippen LogP contribution in [-0.4, -0.2) is 33.0 Å². The van der Waals surface area contributed by atoms with Crippen molar-refractivity contribution < 1.29 is 14.7 Å². The van der Waals surface area contributed by atoms with Gasteiger partial charge in [0.05, 0.1) is 5.54 Å². The molecule has 0 bridgehead atoms. The Hall–Kier alpha value is -1.32. The second-order valence-electron chi connectivity index (χ2n) is 16.7. The fraction of sp³-hybridized carbons (Fsp3) is 0.882. The Morgan fingerprint density at radius 3 is 2.13 bits per heavy atom. The minimum absolute atomic E-state index is 0.170. The summed E-state index contributed by atoms with van der Waals surface area (Å²) in [6.07, 6.45) is 9.84. The molecule has 5 fully saturated rings. The molecule has 5 aliphatic carbocycles. The topological polar surface area (TPSA) is 57.6 Å². The molecule has 0 spiro atoms. The number of nitrogens with zero attached hydrogens (tertiary/aromatic N) is 1. The zero-order valence-electron chi connectivity index (χ0n) is 25.9. The lowest BCUT2D eigenvalue weighted by atomic mass is 9.32. The van der Waals surface area contributed by atoms with Gasteiger partial charge in [0.2, 0.25) is 0 Å². The zero-order chi connectivity index (χ0) is 28.3. The molecule has 0 aromatic carbocycles. The van der Waals surface area contributed by atoms with Crippen molar-refractivity contribution in [1.82, 2.24) is 4.90 Å². The van der Waals surface area contributed by atoms with Crippen LogP contribution >= 0.6 is 0 Å². The third-order valence-electron chi connectivity index (χ3n) is 14.1. The Bertz CT molecular complexity index is 1040. The van der Waals surface area contributed by atoms with Gasteiger partial charge in [0.15, 0.2) is 0 Å². The van der Waals surface area contributed by atoms with Gasteiger partial charge in [-0.3, -0.25) is 9.69 Å². The van der Waals surface area contributed by atoms with Gasteiger partial charge in [-0.1, -0.05) is 46.8 Å². The monoisotopic (exact) mass is 525 g/mol. The first-order valence-electron chi connectivity index (χ1n) is 15.6. The Kier molecular flexibility index (Phi) is 6.20. The van der Waals surface area contributed by atoms with Crippen LogP contribution < -0.4 is 0 Å². The average Bonchev–Trinajstić information content (AvgIpc) is 3.16. The van der Waals surface area contributed by atoms with Crippen LogP contribution in [0.1, 0.15) is 127 Å². The van der Waals surface area contributed by atoms with E-state index in [9.17, 15) is 14.7 Å². The summed E-state index contributed by atoms with van der Waals surface area (Å²) >= 11 is 0. The lowest BCUT2D eigenvalue weighted by Crippen LogP contribution is -2.70. The maximum absolute atomic E-state index is 13.0.